The first kappa shape index (κ1) is 12.3. The van der Waals surface area contributed by atoms with Gasteiger partial charge in [0.2, 0.25) is 0 Å². The molecule has 15 heavy (non-hydrogen) atoms. The Kier molecular flexibility index (Phi) is 3.99. The summed E-state index contributed by atoms with van der Waals surface area (Å²) in [5.74, 6) is -0.0718. The molecule has 82 valence electrons. The highest BCUT2D eigenvalue weighted by atomic mass is 79.9. The Morgan fingerprint density at radius 2 is 2.13 bits per heavy atom. The van der Waals surface area contributed by atoms with E-state index in [0.29, 0.717) is 17.3 Å². The second-order valence-electron chi connectivity index (χ2n) is 3.48. The molecule has 1 aromatic rings. The maximum atomic E-state index is 11.6. The fourth-order valence-electron chi connectivity index (χ4n) is 1.23. The van der Waals surface area contributed by atoms with Gasteiger partial charge in [-0.25, -0.2) is 0 Å². The number of benzene rings is 1. The number of carbonyl (C=O) groups is 1. The van der Waals surface area contributed by atoms with Crippen LogP contribution in [0.1, 0.15) is 23.2 Å². The van der Waals surface area contributed by atoms with Gasteiger partial charge in [-0.3, -0.25) is 4.79 Å². The minimum atomic E-state index is -0.0718. The Labute approximate surface area is 103 Å². The lowest BCUT2D eigenvalue weighted by Crippen LogP contribution is -2.26. The van der Waals surface area contributed by atoms with Crippen molar-refractivity contribution >= 4 is 39.9 Å². The van der Waals surface area contributed by atoms with Gasteiger partial charge in [0, 0.05) is 16.2 Å². The first-order valence-electron chi connectivity index (χ1n) is 4.52. The van der Waals surface area contributed by atoms with Crippen molar-refractivity contribution in [2.24, 2.45) is 0 Å². The first-order chi connectivity index (χ1) is 6.66. The second kappa shape index (κ2) is 4.86. The number of nitrogen functional groups attached to an aromatic ring is 1. The molecule has 0 radical (unpaired) electrons. The van der Waals surface area contributed by atoms with Crippen molar-refractivity contribution in [2.75, 3.05) is 5.73 Å². The van der Waals surface area contributed by atoms with Crippen LogP contribution in [0.4, 0.5) is 5.69 Å². The SMILES string of the molecule is Cl.Nc1cc(Br)ccc1C(=O)NC1CC1. The quantitative estimate of drug-likeness (QED) is 0.822. The van der Waals surface area contributed by atoms with Crippen LogP contribution < -0.4 is 11.1 Å². The lowest BCUT2D eigenvalue weighted by Gasteiger charge is -2.06. The van der Waals surface area contributed by atoms with Crippen LogP contribution in [0.2, 0.25) is 0 Å². The van der Waals surface area contributed by atoms with Gasteiger partial charge in [-0.1, -0.05) is 15.9 Å². The highest BCUT2D eigenvalue weighted by Gasteiger charge is 2.24. The molecule has 0 aliphatic heterocycles. The molecular weight excluding hydrogens is 279 g/mol. The third-order valence-corrected chi connectivity index (χ3v) is 2.66. The van der Waals surface area contributed by atoms with E-state index in [0.717, 1.165) is 17.3 Å². The number of carbonyl (C=O) groups excluding carboxylic acids is 1. The minimum Gasteiger partial charge on any atom is -0.398 e. The molecule has 0 aromatic heterocycles. The van der Waals surface area contributed by atoms with Gasteiger partial charge in [0.1, 0.15) is 0 Å². The van der Waals surface area contributed by atoms with Crippen molar-refractivity contribution in [1.29, 1.82) is 0 Å². The molecule has 0 unspecified atom stereocenters. The zero-order valence-electron chi connectivity index (χ0n) is 8.00. The highest BCUT2D eigenvalue weighted by molar-refractivity contribution is 9.10. The summed E-state index contributed by atoms with van der Waals surface area (Å²) in [5, 5.41) is 2.90. The summed E-state index contributed by atoms with van der Waals surface area (Å²) in [6.07, 6.45) is 2.17. The zero-order chi connectivity index (χ0) is 10.1. The molecule has 1 aliphatic rings. The Morgan fingerprint density at radius 1 is 1.47 bits per heavy atom. The number of rotatable bonds is 2. The fraction of sp³-hybridized carbons (Fsp3) is 0.300. The van der Waals surface area contributed by atoms with E-state index >= 15 is 0 Å². The molecule has 0 atom stereocenters. The lowest BCUT2D eigenvalue weighted by molar-refractivity contribution is 0.0952. The predicted octanol–water partition coefficient (Wildman–Crippen LogP) is 2.35. The number of amides is 1. The van der Waals surface area contributed by atoms with Crippen LogP contribution in [0.3, 0.4) is 0 Å². The molecule has 1 aliphatic carbocycles. The van der Waals surface area contributed by atoms with Crippen LogP contribution in [0.25, 0.3) is 0 Å². The average molecular weight is 292 g/mol. The number of nitrogens with two attached hydrogens (primary N) is 1. The Hall–Kier alpha value is -0.740. The smallest absolute Gasteiger partial charge is 0.253 e. The van der Waals surface area contributed by atoms with Crippen molar-refractivity contribution in [3.63, 3.8) is 0 Å². The van der Waals surface area contributed by atoms with Crippen LogP contribution in [0.5, 0.6) is 0 Å². The third-order valence-electron chi connectivity index (χ3n) is 2.17. The topological polar surface area (TPSA) is 55.1 Å². The van der Waals surface area contributed by atoms with Crippen molar-refractivity contribution in [3.8, 4) is 0 Å². The van der Waals surface area contributed by atoms with Gasteiger partial charge in [0.05, 0.1) is 5.56 Å². The summed E-state index contributed by atoms with van der Waals surface area (Å²) in [4.78, 5) is 11.6. The van der Waals surface area contributed by atoms with Gasteiger partial charge in [0.25, 0.3) is 5.91 Å². The predicted molar refractivity (Wildman–Crippen MR) is 66.3 cm³/mol. The number of hydrogen-bond acceptors (Lipinski definition) is 2. The van der Waals surface area contributed by atoms with Crippen molar-refractivity contribution in [1.82, 2.24) is 5.32 Å². The van der Waals surface area contributed by atoms with Gasteiger partial charge in [-0.2, -0.15) is 0 Å². The Balaban J connectivity index is 0.00000112. The summed E-state index contributed by atoms with van der Waals surface area (Å²) < 4.78 is 0.887. The molecule has 1 saturated carbocycles. The first-order valence-corrected chi connectivity index (χ1v) is 5.32. The molecule has 0 spiro atoms. The molecule has 3 nitrogen and oxygen atoms in total. The number of nitrogens with one attached hydrogen (secondary N) is 1. The number of anilines is 1. The third kappa shape index (κ3) is 3.11. The van der Waals surface area contributed by atoms with Gasteiger partial charge in [-0.05, 0) is 31.0 Å². The monoisotopic (exact) mass is 290 g/mol. The summed E-state index contributed by atoms with van der Waals surface area (Å²) in [7, 11) is 0. The molecular formula is C10H12BrClN2O. The van der Waals surface area contributed by atoms with Crippen LogP contribution in [0.15, 0.2) is 22.7 Å². The van der Waals surface area contributed by atoms with E-state index in [9.17, 15) is 4.79 Å². The fourth-order valence-corrected chi connectivity index (χ4v) is 1.61. The van der Waals surface area contributed by atoms with Gasteiger partial charge < -0.3 is 11.1 Å². The largest absolute Gasteiger partial charge is 0.398 e. The lowest BCUT2D eigenvalue weighted by atomic mass is 10.1. The molecule has 1 aromatic carbocycles. The van der Waals surface area contributed by atoms with E-state index in [-0.39, 0.29) is 18.3 Å². The molecule has 1 amide bonds. The maximum Gasteiger partial charge on any atom is 0.253 e. The summed E-state index contributed by atoms with van der Waals surface area (Å²) in [5.41, 5.74) is 6.79. The van der Waals surface area contributed by atoms with Crippen molar-refractivity contribution < 1.29 is 4.79 Å². The minimum absolute atomic E-state index is 0. The van der Waals surface area contributed by atoms with E-state index in [2.05, 4.69) is 21.2 Å². The summed E-state index contributed by atoms with van der Waals surface area (Å²) in [6, 6.07) is 5.66. The molecule has 1 fully saturated rings. The van der Waals surface area contributed by atoms with Crippen LogP contribution in [-0.2, 0) is 0 Å². The summed E-state index contributed by atoms with van der Waals surface area (Å²) >= 11 is 3.30. The average Bonchev–Trinajstić information content (AvgIpc) is 2.87. The van der Waals surface area contributed by atoms with E-state index in [4.69, 9.17) is 5.73 Å². The second-order valence-corrected chi connectivity index (χ2v) is 4.39. The molecule has 3 N–H and O–H groups in total. The molecule has 0 heterocycles. The van der Waals surface area contributed by atoms with E-state index in [1.807, 2.05) is 6.07 Å². The van der Waals surface area contributed by atoms with Crippen LogP contribution in [-0.4, -0.2) is 11.9 Å². The molecule has 5 heteroatoms. The van der Waals surface area contributed by atoms with Gasteiger partial charge >= 0.3 is 0 Å². The molecule has 0 bridgehead atoms. The summed E-state index contributed by atoms with van der Waals surface area (Å²) in [6.45, 7) is 0. The molecule has 0 saturated heterocycles. The standard InChI is InChI=1S/C10H11BrN2O.ClH/c11-6-1-4-8(9(12)5-6)10(14)13-7-2-3-7;/h1,4-5,7H,2-3,12H2,(H,13,14);1H. The van der Waals surface area contributed by atoms with Crippen molar-refractivity contribution in [3.05, 3.63) is 28.2 Å². The van der Waals surface area contributed by atoms with Crippen molar-refractivity contribution in [2.45, 2.75) is 18.9 Å². The Morgan fingerprint density at radius 3 is 2.67 bits per heavy atom. The van der Waals surface area contributed by atoms with Crippen LogP contribution in [0, 0.1) is 0 Å². The molecule has 2 rings (SSSR count). The Bertz CT molecular complexity index is 380. The maximum absolute atomic E-state index is 11.6. The van der Waals surface area contributed by atoms with E-state index in [1.54, 1.807) is 12.1 Å². The highest BCUT2D eigenvalue weighted by Crippen LogP contribution is 2.22. The zero-order valence-corrected chi connectivity index (χ0v) is 10.4. The van der Waals surface area contributed by atoms with E-state index in [1.165, 1.54) is 0 Å². The van der Waals surface area contributed by atoms with E-state index < -0.39 is 0 Å². The number of halogens is 2. The van der Waals surface area contributed by atoms with Crippen LogP contribution >= 0.6 is 28.3 Å². The normalized spacial score (nSPS) is 14.2. The number of hydrogen-bond donors (Lipinski definition) is 2. The van der Waals surface area contributed by atoms with Gasteiger partial charge in [0.15, 0.2) is 0 Å². The van der Waals surface area contributed by atoms with Gasteiger partial charge in [-0.15, -0.1) is 12.4 Å².